The number of carbonyl (C=O) groups is 1. The van der Waals surface area contributed by atoms with Gasteiger partial charge in [0.25, 0.3) is 0 Å². The molecule has 38 heavy (non-hydrogen) atoms. The van der Waals surface area contributed by atoms with Gasteiger partial charge >= 0.3 is 0 Å². The van der Waals surface area contributed by atoms with Gasteiger partial charge < -0.3 is 25.4 Å². The summed E-state index contributed by atoms with van der Waals surface area (Å²) in [4.78, 5) is 27.2. The van der Waals surface area contributed by atoms with Crippen LogP contribution in [0.1, 0.15) is 28.7 Å². The minimum atomic E-state index is -1.19. The first-order valence-corrected chi connectivity index (χ1v) is 13.5. The van der Waals surface area contributed by atoms with Crippen molar-refractivity contribution in [1.82, 2.24) is 24.8 Å². The molecule has 194 valence electrons. The monoisotopic (exact) mass is 568 g/mol. The number of nitrogens with zero attached hydrogens (tertiary/aromatic N) is 4. The molecule has 6 rings (SSSR count). The van der Waals surface area contributed by atoms with Crippen LogP contribution >= 0.6 is 34.5 Å². The van der Waals surface area contributed by atoms with Crippen molar-refractivity contribution in [3.05, 3.63) is 68.3 Å². The van der Waals surface area contributed by atoms with E-state index in [4.69, 9.17) is 23.2 Å². The molecule has 2 aliphatic rings. The Morgan fingerprint density at radius 1 is 1.24 bits per heavy atom. The number of thiophene rings is 1. The number of aliphatic hydroxyl groups excluding tert-OH is 2. The van der Waals surface area contributed by atoms with Crippen molar-refractivity contribution in [2.45, 2.75) is 31.2 Å². The Morgan fingerprint density at radius 3 is 2.82 bits per heavy atom. The molecule has 1 aromatic carbocycles. The first-order valence-electron chi connectivity index (χ1n) is 11.9. The highest BCUT2D eigenvalue weighted by Gasteiger charge is 2.75. The Hall–Kier alpha value is -3.20. The average molecular weight is 569 g/mol. The van der Waals surface area contributed by atoms with Gasteiger partial charge in [0, 0.05) is 24.5 Å². The van der Waals surface area contributed by atoms with E-state index in [1.807, 2.05) is 24.3 Å². The van der Waals surface area contributed by atoms with E-state index in [2.05, 4.69) is 37.4 Å². The molecule has 2 saturated carbocycles. The number of benzene rings is 1. The van der Waals surface area contributed by atoms with Crippen LogP contribution in [0.15, 0.2) is 42.7 Å². The van der Waals surface area contributed by atoms with Crippen molar-refractivity contribution in [1.29, 1.82) is 0 Å². The number of halogens is 2. The lowest BCUT2D eigenvalue weighted by molar-refractivity contribution is -0.132. The molecular weight excluding hydrogens is 547 g/mol. The molecule has 0 unspecified atom stereocenters. The molecule has 0 bridgehead atoms. The van der Waals surface area contributed by atoms with E-state index >= 15 is 0 Å². The summed E-state index contributed by atoms with van der Waals surface area (Å²) in [6, 6.07) is 10.5. The molecule has 0 radical (unpaired) electrons. The Bertz CT molecular complexity index is 1630. The molecule has 4 N–H and O–H groups in total. The first kappa shape index (κ1) is 25.1. The third kappa shape index (κ3) is 4.11. The molecule has 3 heterocycles. The smallest absolute Gasteiger partial charge is 0.229 e. The number of fused-ring (bicyclic) bond motifs is 2. The van der Waals surface area contributed by atoms with Gasteiger partial charge in [0.2, 0.25) is 11.7 Å². The van der Waals surface area contributed by atoms with Crippen molar-refractivity contribution >= 4 is 57.4 Å². The minimum Gasteiger partial charge on any atom is -0.389 e. The molecule has 9 nitrogen and oxygen atoms in total. The van der Waals surface area contributed by atoms with Crippen LogP contribution in [0.3, 0.4) is 0 Å². The maximum absolute atomic E-state index is 12.6. The highest BCUT2D eigenvalue weighted by atomic mass is 35.5. The maximum atomic E-state index is 12.6. The highest BCUT2D eigenvalue weighted by molar-refractivity contribution is 7.16. The number of aliphatic hydroxyl groups is 2. The Morgan fingerprint density at radius 2 is 2.08 bits per heavy atom. The molecule has 5 atom stereocenters. The number of amides is 1. The second-order valence-corrected chi connectivity index (χ2v) is 11.6. The fraction of sp³-hybridized carbons (Fsp3) is 0.308. The van der Waals surface area contributed by atoms with Crippen LogP contribution < -0.4 is 10.6 Å². The molecule has 12 heteroatoms. The van der Waals surface area contributed by atoms with Crippen LogP contribution in [-0.2, 0) is 11.3 Å². The largest absolute Gasteiger partial charge is 0.389 e. The van der Waals surface area contributed by atoms with Gasteiger partial charge in [-0.25, -0.2) is 15.0 Å². The number of nitrogens with one attached hydrogen (secondary N) is 2. The van der Waals surface area contributed by atoms with Crippen molar-refractivity contribution in [2.75, 3.05) is 12.4 Å². The lowest BCUT2D eigenvalue weighted by Crippen LogP contribution is -2.41. The van der Waals surface area contributed by atoms with Crippen LogP contribution in [0.2, 0.25) is 9.36 Å². The standard InChI is InChI=1S/C26H22Cl2N6O3S/c1-29-25(37)26-10-16(26)20(21(35)22(26)36)34-12-31-19-23(30-11-13-3-2-4-14(27)9-13)32-18(33-24(19)34)8-6-15-5-7-17(28)38-15/h2-5,7,9,12,16,20-22,35-36H,10-11H2,1H3,(H,29,37)(H,30,32,33)/t16-,20-,21+,22+,26-/m1/s1. The molecule has 2 fully saturated rings. The summed E-state index contributed by atoms with van der Waals surface area (Å²) in [5, 5.41) is 28.4. The summed E-state index contributed by atoms with van der Waals surface area (Å²) in [6.45, 7) is 0.431. The molecule has 0 aliphatic heterocycles. The predicted molar refractivity (Wildman–Crippen MR) is 145 cm³/mol. The Labute approximate surface area is 231 Å². The van der Waals surface area contributed by atoms with E-state index in [9.17, 15) is 15.0 Å². The van der Waals surface area contributed by atoms with E-state index in [0.29, 0.717) is 39.3 Å². The molecule has 0 saturated heterocycles. The zero-order chi connectivity index (χ0) is 26.6. The van der Waals surface area contributed by atoms with Gasteiger partial charge in [0.05, 0.1) is 33.1 Å². The van der Waals surface area contributed by atoms with Crippen LogP contribution in [0, 0.1) is 23.2 Å². The van der Waals surface area contributed by atoms with Crippen molar-refractivity contribution in [3.63, 3.8) is 0 Å². The van der Waals surface area contributed by atoms with Crippen LogP contribution in [0.5, 0.6) is 0 Å². The number of carbonyl (C=O) groups excluding carboxylic acids is 1. The van der Waals surface area contributed by atoms with Gasteiger partial charge in [0.1, 0.15) is 6.10 Å². The predicted octanol–water partition coefficient (Wildman–Crippen LogP) is 3.24. The molecule has 3 aromatic heterocycles. The summed E-state index contributed by atoms with van der Waals surface area (Å²) in [6.07, 6.45) is -0.325. The number of anilines is 1. The molecule has 0 spiro atoms. The summed E-state index contributed by atoms with van der Waals surface area (Å²) < 4.78 is 2.36. The van der Waals surface area contributed by atoms with E-state index in [1.54, 1.807) is 23.0 Å². The summed E-state index contributed by atoms with van der Waals surface area (Å²) in [5.41, 5.74) is 0.860. The summed E-state index contributed by atoms with van der Waals surface area (Å²) >= 11 is 13.5. The van der Waals surface area contributed by atoms with Gasteiger partial charge in [-0.1, -0.05) is 35.3 Å². The minimum absolute atomic E-state index is 0.249. The van der Waals surface area contributed by atoms with E-state index in [0.717, 1.165) is 10.4 Å². The van der Waals surface area contributed by atoms with Crippen molar-refractivity contribution in [3.8, 4) is 11.8 Å². The van der Waals surface area contributed by atoms with E-state index in [1.165, 1.54) is 18.4 Å². The third-order valence-electron chi connectivity index (χ3n) is 7.28. The average Bonchev–Trinajstić information content (AvgIpc) is 3.15. The second kappa shape index (κ2) is 9.52. The lowest BCUT2D eigenvalue weighted by atomic mass is 9.98. The zero-order valence-electron chi connectivity index (χ0n) is 20.0. The molecule has 4 aromatic rings. The van der Waals surface area contributed by atoms with Crippen molar-refractivity contribution < 1.29 is 15.0 Å². The summed E-state index contributed by atoms with van der Waals surface area (Å²) in [7, 11) is 1.53. The number of aromatic nitrogens is 4. The lowest BCUT2D eigenvalue weighted by Gasteiger charge is -2.23. The zero-order valence-corrected chi connectivity index (χ0v) is 22.3. The van der Waals surface area contributed by atoms with Crippen LogP contribution in [-0.4, -0.2) is 54.9 Å². The first-order chi connectivity index (χ1) is 18.3. The topological polar surface area (TPSA) is 125 Å². The normalized spacial score (nSPS) is 25.5. The van der Waals surface area contributed by atoms with Crippen LogP contribution in [0.25, 0.3) is 11.2 Å². The summed E-state index contributed by atoms with van der Waals surface area (Å²) in [5.74, 6) is 6.21. The number of rotatable bonds is 5. The molecule has 1 amide bonds. The molecular formula is C26H22Cl2N6O3S. The highest BCUT2D eigenvalue weighted by Crippen LogP contribution is 2.67. The SMILES string of the molecule is CNC(=O)[C@]12C[C@@H]1[C@@H](n1cnc3c(NCc4cccc(Cl)c4)nc(C#Cc4ccc(Cl)s4)nc31)[C@H](O)[C@@H]2O. The van der Waals surface area contributed by atoms with E-state index in [-0.39, 0.29) is 17.6 Å². The number of imidazole rings is 1. The second-order valence-electron chi connectivity index (χ2n) is 9.41. The number of hydrogen-bond acceptors (Lipinski definition) is 8. The third-order valence-corrected chi connectivity index (χ3v) is 8.67. The van der Waals surface area contributed by atoms with Gasteiger partial charge in [0.15, 0.2) is 17.0 Å². The maximum Gasteiger partial charge on any atom is 0.229 e. The van der Waals surface area contributed by atoms with Crippen molar-refractivity contribution in [2.24, 2.45) is 11.3 Å². The van der Waals surface area contributed by atoms with E-state index < -0.39 is 23.7 Å². The Balaban J connectivity index is 1.41. The molecule has 2 aliphatic carbocycles. The van der Waals surface area contributed by atoms with Crippen LogP contribution in [0.4, 0.5) is 5.82 Å². The number of hydrogen-bond donors (Lipinski definition) is 4. The fourth-order valence-electron chi connectivity index (χ4n) is 5.43. The van der Waals surface area contributed by atoms with Gasteiger partial charge in [-0.15, -0.1) is 11.3 Å². The van der Waals surface area contributed by atoms with Gasteiger partial charge in [-0.2, -0.15) is 0 Å². The Kier molecular flexibility index (Phi) is 6.29. The fourth-order valence-corrected chi connectivity index (χ4v) is 6.54. The van der Waals surface area contributed by atoms with Gasteiger partial charge in [-0.3, -0.25) is 4.79 Å². The quantitative estimate of drug-likeness (QED) is 0.272. The van der Waals surface area contributed by atoms with Gasteiger partial charge in [-0.05, 0) is 48.1 Å².